The fourth-order valence-electron chi connectivity index (χ4n) is 1.73. The average Bonchev–Trinajstić information content (AvgIpc) is 3.02. The van der Waals surface area contributed by atoms with Crippen molar-refractivity contribution >= 4 is 17.0 Å². The molecule has 0 aliphatic heterocycles. The zero-order valence-electron chi connectivity index (χ0n) is 10.1. The van der Waals surface area contributed by atoms with E-state index in [0.717, 1.165) is 0 Å². The fourth-order valence-corrected chi connectivity index (χ4v) is 1.73. The van der Waals surface area contributed by atoms with Crippen LogP contribution in [0.1, 0.15) is 18.7 Å². The second-order valence-electron chi connectivity index (χ2n) is 4.57. The van der Waals surface area contributed by atoms with Crippen molar-refractivity contribution in [2.24, 2.45) is 0 Å². The number of halogens is 6. The van der Waals surface area contributed by atoms with Crippen molar-refractivity contribution in [3.8, 4) is 0 Å². The molecule has 0 atom stereocenters. The van der Waals surface area contributed by atoms with Crippen LogP contribution in [-0.2, 0) is 12.5 Å². The number of hydrogen-bond acceptors (Lipinski definition) is 4. The lowest BCUT2D eigenvalue weighted by Gasteiger charge is -2.11. The summed E-state index contributed by atoms with van der Waals surface area (Å²) in [7, 11) is 0. The van der Waals surface area contributed by atoms with E-state index in [9.17, 15) is 26.3 Å². The topological polar surface area (TPSA) is 55.6 Å². The van der Waals surface area contributed by atoms with Crippen LogP contribution in [0.5, 0.6) is 0 Å². The lowest BCUT2D eigenvalue weighted by Crippen LogP contribution is -2.19. The predicted molar refractivity (Wildman–Crippen MR) is 58.3 cm³/mol. The SMILES string of the molecule is FC(F)(F)c1nc(NC2CC2)c2ncn(C(F)(F)F)c2n1. The Labute approximate surface area is 113 Å². The first-order chi connectivity index (χ1) is 9.66. The molecule has 0 bridgehead atoms. The minimum Gasteiger partial charge on any atom is -0.365 e. The zero-order chi connectivity index (χ0) is 15.4. The van der Waals surface area contributed by atoms with Crippen molar-refractivity contribution in [1.82, 2.24) is 19.5 Å². The third-order valence-electron chi connectivity index (χ3n) is 2.84. The molecule has 0 unspecified atom stereocenters. The first-order valence-electron chi connectivity index (χ1n) is 5.82. The Bertz CT molecular complexity index is 684. The van der Waals surface area contributed by atoms with E-state index in [1.54, 1.807) is 0 Å². The van der Waals surface area contributed by atoms with Gasteiger partial charge in [-0.25, -0.2) is 19.5 Å². The number of nitrogens with zero attached hydrogens (tertiary/aromatic N) is 4. The highest BCUT2D eigenvalue weighted by Gasteiger charge is 2.39. The van der Waals surface area contributed by atoms with E-state index in [-0.39, 0.29) is 21.9 Å². The molecule has 11 heteroatoms. The van der Waals surface area contributed by atoms with E-state index >= 15 is 0 Å². The van der Waals surface area contributed by atoms with Crippen molar-refractivity contribution in [1.29, 1.82) is 0 Å². The number of aromatic nitrogens is 4. The normalized spacial score (nSPS) is 16.5. The summed E-state index contributed by atoms with van der Waals surface area (Å²) in [6, 6.07) is -0.0970. The lowest BCUT2D eigenvalue weighted by atomic mass is 10.4. The Balaban J connectivity index is 2.21. The number of hydrogen-bond donors (Lipinski definition) is 1. The molecule has 2 heterocycles. The fraction of sp³-hybridized carbons (Fsp3) is 0.500. The van der Waals surface area contributed by atoms with Gasteiger partial charge in [0, 0.05) is 6.04 Å². The number of rotatable bonds is 2. The molecule has 2 aromatic rings. The van der Waals surface area contributed by atoms with Crippen LogP contribution < -0.4 is 5.32 Å². The second-order valence-corrected chi connectivity index (χ2v) is 4.57. The van der Waals surface area contributed by atoms with Crippen molar-refractivity contribution in [3.63, 3.8) is 0 Å². The minimum atomic E-state index is -4.95. The van der Waals surface area contributed by atoms with Crippen LogP contribution in [0.2, 0.25) is 0 Å². The van der Waals surface area contributed by atoms with Gasteiger partial charge in [-0.1, -0.05) is 0 Å². The molecule has 2 aromatic heterocycles. The van der Waals surface area contributed by atoms with Crippen molar-refractivity contribution in [3.05, 3.63) is 12.2 Å². The maximum absolute atomic E-state index is 12.7. The predicted octanol–water partition coefficient (Wildman–Crippen LogP) is 2.90. The summed E-state index contributed by atoms with van der Waals surface area (Å²) in [6.45, 7) is 0. The Morgan fingerprint density at radius 2 is 1.76 bits per heavy atom. The molecule has 5 nitrogen and oxygen atoms in total. The van der Waals surface area contributed by atoms with E-state index < -0.39 is 23.9 Å². The monoisotopic (exact) mass is 311 g/mol. The summed E-state index contributed by atoms with van der Waals surface area (Å²) in [5.74, 6) is -1.97. The molecule has 1 fully saturated rings. The van der Waals surface area contributed by atoms with Crippen LogP contribution in [0, 0.1) is 0 Å². The second kappa shape index (κ2) is 4.21. The molecule has 3 rings (SSSR count). The number of imidazole rings is 1. The van der Waals surface area contributed by atoms with Crippen molar-refractivity contribution in [2.75, 3.05) is 5.32 Å². The molecule has 0 saturated heterocycles. The molecule has 1 aliphatic rings. The van der Waals surface area contributed by atoms with E-state index in [2.05, 4.69) is 20.3 Å². The average molecular weight is 311 g/mol. The summed E-state index contributed by atoms with van der Waals surface area (Å²) >= 11 is 0. The highest BCUT2D eigenvalue weighted by Crippen LogP contribution is 2.34. The van der Waals surface area contributed by atoms with Gasteiger partial charge in [-0.15, -0.1) is 13.2 Å². The standard InChI is InChI=1S/C10H7F6N5/c11-9(12,13)8-19-6(18-4-1-2-4)5-7(20-8)21(3-17-5)10(14,15)16/h3-4H,1-2H2,(H,18,19,20). The first kappa shape index (κ1) is 13.9. The molecule has 0 spiro atoms. The van der Waals surface area contributed by atoms with Crippen LogP contribution in [-0.4, -0.2) is 25.6 Å². The smallest absolute Gasteiger partial charge is 0.365 e. The van der Waals surface area contributed by atoms with Gasteiger partial charge in [0.1, 0.15) is 6.33 Å². The first-order valence-corrected chi connectivity index (χ1v) is 5.82. The summed E-state index contributed by atoms with van der Waals surface area (Å²) in [4.78, 5) is 9.70. The molecule has 0 radical (unpaired) electrons. The molecule has 0 aromatic carbocycles. The minimum absolute atomic E-state index is 0.0970. The van der Waals surface area contributed by atoms with Crippen LogP contribution in [0.15, 0.2) is 6.33 Å². The molecular weight excluding hydrogens is 304 g/mol. The molecule has 21 heavy (non-hydrogen) atoms. The maximum Gasteiger partial charge on any atom is 0.491 e. The van der Waals surface area contributed by atoms with Gasteiger partial charge in [0.25, 0.3) is 0 Å². The van der Waals surface area contributed by atoms with E-state index in [4.69, 9.17) is 0 Å². The quantitative estimate of drug-likeness (QED) is 0.867. The van der Waals surface area contributed by atoms with Gasteiger partial charge in [-0.3, -0.25) is 0 Å². The summed E-state index contributed by atoms with van der Waals surface area (Å²) in [5.41, 5.74) is -1.26. The number of alkyl halides is 6. The van der Waals surface area contributed by atoms with Crippen LogP contribution >= 0.6 is 0 Å². The third kappa shape index (κ3) is 2.59. The summed E-state index contributed by atoms with van der Waals surface area (Å²) in [6.07, 6.45) is -8.05. The van der Waals surface area contributed by atoms with E-state index in [1.165, 1.54) is 0 Å². The van der Waals surface area contributed by atoms with Crippen LogP contribution in [0.25, 0.3) is 11.2 Å². The third-order valence-corrected chi connectivity index (χ3v) is 2.84. The van der Waals surface area contributed by atoms with Crippen LogP contribution in [0.3, 0.4) is 0 Å². The highest BCUT2D eigenvalue weighted by molar-refractivity contribution is 5.83. The van der Waals surface area contributed by atoms with E-state index in [0.29, 0.717) is 19.2 Å². The molecule has 1 aliphatic carbocycles. The number of fused-ring (bicyclic) bond motifs is 1. The molecule has 114 valence electrons. The highest BCUT2D eigenvalue weighted by atomic mass is 19.4. The van der Waals surface area contributed by atoms with Crippen molar-refractivity contribution < 1.29 is 26.3 Å². The molecule has 1 N–H and O–H groups in total. The largest absolute Gasteiger partial charge is 0.491 e. The maximum atomic E-state index is 12.7. The van der Waals surface area contributed by atoms with Gasteiger partial charge in [0.05, 0.1) is 0 Å². The molecular formula is C10H7F6N5. The van der Waals surface area contributed by atoms with Gasteiger partial charge in [-0.05, 0) is 12.8 Å². The lowest BCUT2D eigenvalue weighted by molar-refractivity contribution is -0.201. The van der Waals surface area contributed by atoms with Crippen LogP contribution in [0.4, 0.5) is 32.2 Å². The van der Waals surface area contributed by atoms with Gasteiger partial charge in [-0.2, -0.15) is 13.2 Å². The molecule has 0 amide bonds. The van der Waals surface area contributed by atoms with Gasteiger partial charge >= 0.3 is 12.5 Å². The van der Waals surface area contributed by atoms with Gasteiger partial charge in [0.15, 0.2) is 17.0 Å². The Hall–Kier alpha value is -2.07. The Kier molecular flexibility index (Phi) is 2.79. The number of anilines is 1. The Morgan fingerprint density at radius 1 is 1.10 bits per heavy atom. The van der Waals surface area contributed by atoms with Gasteiger partial charge in [0.2, 0.25) is 5.82 Å². The Morgan fingerprint density at radius 3 is 2.29 bits per heavy atom. The molecule has 1 saturated carbocycles. The number of nitrogens with one attached hydrogen (secondary N) is 1. The van der Waals surface area contributed by atoms with Crippen molar-refractivity contribution in [2.45, 2.75) is 31.4 Å². The summed E-state index contributed by atoms with van der Waals surface area (Å²) < 4.78 is 76.0. The zero-order valence-corrected chi connectivity index (χ0v) is 10.1. The summed E-state index contributed by atoms with van der Waals surface area (Å²) in [5, 5.41) is 2.64. The van der Waals surface area contributed by atoms with E-state index in [1.807, 2.05) is 0 Å². The van der Waals surface area contributed by atoms with Gasteiger partial charge < -0.3 is 5.32 Å².